The van der Waals surface area contributed by atoms with Gasteiger partial charge in [0.05, 0.1) is 12.6 Å². The second kappa shape index (κ2) is 16.0. The van der Waals surface area contributed by atoms with E-state index in [-0.39, 0.29) is 17.9 Å². The van der Waals surface area contributed by atoms with Gasteiger partial charge in [-0.05, 0) is 72.8 Å². The van der Waals surface area contributed by atoms with Crippen molar-refractivity contribution in [2.45, 2.75) is 65.7 Å². The standard InChI is InChI=1S/C35H46N6O2/c1-5-41(24-25(2)3)21-9-14-32(35(43)39-26(4)30-13-8-11-28-10-6-7-12-31(28)30)40-34(42)29-17-15-27(16-18-29)22-36-23-33-37-19-20-38-33/h6-8,10-13,15-20,25-26,32,36H,5,9,14,21-24H2,1-4H3,(H,37,38)(H,39,43)(H,40,42)/t26?,32-/m0/s1. The third kappa shape index (κ3) is 9.49. The molecule has 1 heterocycles. The Morgan fingerprint density at radius 3 is 2.42 bits per heavy atom. The van der Waals surface area contributed by atoms with Crippen molar-refractivity contribution in [2.75, 3.05) is 19.6 Å². The quantitative estimate of drug-likeness (QED) is 0.138. The van der Waals surface area contributed by atoms with Gasteiger partial charge >= 0.3 is 0 Å². The summed E-state index contributed by atoms with van der Waals surface area (Å²) in [5.41, 5.74) is 2.65. The van der Waals surface area contributed by atoms with E-state index in [1.165, 1.54) is 0 Å². The maximum atomic E-state index is 13.7. The zero-order chi connectivity index (χ0) is 30.6. The van der Waals surface area contributed by atoms with Gasteiger partial charge in [-0.15, -0.1) is 0 Å². The summed E-state index contributed by atoms with van der Waals surface area (Å²) in [7, 11) is 0. The van der Waals surface area contributed by atoms with Crippen molar-refractivity contribution >= 4 is 22.6 Å². The molecule has 1 aromatic heterocycles. The average molecular weight is 583 g/mol. The molecule has 0 aliphatic rings. The van der Waals surface area contributed by atoms with Crippen molar-refractivity contribution in [1.82, 2.24) is 30.8 Å². The van der Waals surface area contributed by atoms with Crippen molar-refractivity contribution in [3.63, 3.8) is 0 Å². The van der Waals surface area contributed by atoms with Crippen molar-refractivity contribution in [3.8, 4) is 0 Å². The summed E-state index contributed by atoms with van der Waals surface area (Å²) in [4.78, 5) is 36.7. The highest BCUT2D eigenvalue weighted by Crippen LogP contribution is 2.24. The monoisotopic (exact) mass is 582 g/mol. The van der Waals surface area contributed by atoms with Crippen LogP contribution in [0.15, 0.2) is 79.1 Å². The van der Waals surface area contributed by atoms with Crippen molar-refractivity contribution in [2.24, 2.45) is 5.92 Å². The summed E-state index contributed by atoms with van der Waals surface area (Å²) >= 11 is 0. The molecule has 2 atom stereocenters. The molecule has 0 spiro atoms. The molecule has 43 heavy (non-hydrogen) atoms. The van der Waals surface area contributed by atoms with Crippen LogP contribution in [0.4, 0.5) is 0 Å². The number of nitrogens with one attached hydrogen (secondary N) is 4. The number of hydrogen-bond donors (Lipinski definition) is 4. The lowest BCUT2D eigenvalue weighted by Gasteiger charge is -2.25. The van der Waals surface area contributed by atoms with E-state index in [4.69, 9.17) is 0 Å². The number of hydrogen-bond acceptors (Lipinski definition) is 5. The van der Waals surface area contributed by atoms with Crippen LogP contribution in [0.3, 0.4) is 0 Å². The Morgan fingerprint density at radius 2 is 1.70 bits per heavy atom. The molecule has 3 aromatic carbocycles. The molecule has 4 aromatic rings. The van der Waals surface area contributed by atoms with Crippen LogP contribution in [0.2, 0.25) is 0 Å². The van der Waals surface area contributed by atoms with Gasteiger partial charge in [-0.3, -0.25) is 9.59 Å². The van der Waals surface area contributed by atoms with Crippen molar-refractivity contribution in [3.05, 3.63) is 102 Å². The number of amides is 2. The number of benzene rings is 3. The highest BCUT2D eigenvalue weighted by atomic mass is 16.2. The lowest BCUT2D eigenvalue weighted by molar-refractivity contribution is -0.123. The van der Waals surface area contributed by atoms with Crippen LogP contribution in [-0.4, -0.2) is 52.4 Å². The zero-order valence-corrected chi connectivity index (χ0v) is 25.9. The molecule has 1 unspecified atom stereocenters. The number of aromatic amines is 1. The first-order chi connectivity index (χ1) is 20.8. The summed E-state index contributed by atoms with van der Waals surface area (Å²) in [6.45, 7) is 12.7. The number of carbonyl (C=O) groups is 2. The maximum absolute atomic E-state index is 13.7. The van der Waals surface area contributed by atoms with Gasteiger partial charge < -0.3 is 25.8 Å². The van der Waals surface area contributed by atoms with Crippen LogP contribution in [0.5, 0.6) is 0 Å². The summed E-state index contributed by atoms with van der Waals surface area (Å²) in [6, 6.07) is 21.0. The van der Waals surface area contributed by atoms with E-state index in [1.807, 2.05) is 49.4 Å². The minimum Gasteiger partial charge on any atom is -0.348 e. The molecule has 0 fully saturated rings. The molecule has 8 heteroatoms. The first-order valence-corrected chi connectivity index (χ1v) is 15.4. The molecule has 0 radical (unpaired) electrons. The Bertz CT molecular complexity index is 1430. The van der Waals surface area contributed by atoms with Crippen LogP contribution in [0, 0.1) is 5.92 Å². The van der Waals surface area contributed by atoms with Gasteiger partial charge in [-0.25, -0.2) is 4.98 Å². The zero-order valence-electron chi connectivity index (χ0n) is 25.9. The van der Waals surface area contributed by atoms with Gasteiger partial charge in [0.25, 0.3) is 5.91 Å². The van der Waals surface area contributed by atoms with Crippen LogP contribution in [0.25, 0.3) is 10.8 Å². The minimum absolute atomic E-state index is 0.167. The highest BCUT2D eigenvalue weighted by Gasteiger charge is 2.24. The maximum Gasteiger partial charge on any atom is 0.251 e. The van der Waals surface area contributed by atoms with Gasteiger partial charge in [-0.2, -0.15) is 0 Å². The van der Waals surface area contributed by atoms with Crippen molar-refractivity contribution in [1.29, 1.82) is 0 Å². The smallest absolute Gasteiger partial charge is 0.251 e. The molecule has 4 N–H and O–H groups in total. The number of carbonyl (C=O) groups excluding carboxylic acids is 2. The van der Waals surface area contributed by atoms with Crippen LogP contribution >= 0.6 is 0 Å². The molecule has 0 aliphatic heterocycles. The topological polar surface area (TPSA) is 102 Å². The molecule has 0 bridgehead atoms. The molecule has 4 rings (SSSR count). The van der Waals surface area contributed by atoms with E-state index in [0.717, 1.165) is 53.8 Å². The number of fused-ring (bicyclic) bond motifs is 1. The fourth-order valence-corrected chi connectivity index (χ4v) is 5.44. The first kappa shape index (κ1) is 31.9. The lowest BCUT2D eigenvalue weighted by Crippen LogP contribution is -2.47. The molecule has 0 saturated heterocycles. The van der Waals surface area contributed by atoms with Crippen LogP contribution < -0.4 is 16.0 Å². The summed E-state index contributed by atoms with van der Waals surface area (Å²) in [6.07, 6.45) is 4.90. The summed E-state index contributed by atoms with van der Waals surface area (Å²) < 4.78 is 0. The molecular weight excluding hydrogens is 536 g/mol. The largest absolute Gasteiger partial charge is 0.348 e. The highest BCUT2D eigenvalue weighted by molar-refractivity contribution is 5.97. The van der Waals surface area contributed by atoms with Gasteiger partial charge in [0.15, 0.2) is 0 Å². The van der Waals surface area contributed by atoms with Gasteiger partial charge in [0.1, 0.15) is 11.9 Å². The molecule has 228 valence electrons. The molecular formula is C35H46N6O2. The number of rotatable bonds is 16. The van der Waals surface area contributed by atoms with Gasteiger partial charge in [0, 0.05) is 31.0 Å². The first-order valence-electron chi connectivity index (χ1n) is 15.4. The van der Waals surface area contributed by atoms with E-state index >= 15 is 0 Å². The van der Waals surface area contributed by atoms with Crippen LogP contribution in [0.1, 0.15) is 73.9 Å². The minimum atomic E-state index is -0.641. The third-order valence-electron chi connectivity index (χ3n) is 7.70. The van der Waals surface area contributed by atoms with Crippen molar-refractivity contribution < 1.29 is 9.59 Å². The Balaban J connectivity index is 1.41. The van der Waals surface area contributed by atoms with E-state index in [9.17, 15) is 9.59 Å². The van der Waals surface area contributed by atoms with Gasteiger partial charge in [-0.1, -0.05) is 75.4 Å². The molecule has 0 aliphatic carbocycles. The normalized spacial score (nSPS) is 12.9. The van der Waals surface area contributed by atoms with E-state index in [0.29, 0.717) is 31.0 Å². The lowest BCUT2D eigenvalue weighted by atomic mass is 9.99. The fraction of sp³-hybridized carbons (Fsp3) is 0.400. The average Bonchev–Trinajstić information content (AvgIpc) is 3.53. The Labute approximate surface area is 255 Å². The van der Waals surface area contributed by atoms with Crippen LogP contribution in [-0.2, 0) is 17.9 Å². The second-order valence-corrected chi connectivity index (χ2v) is 11.6. The van der Waals surface area contributed by atoms with E-state index in [2.05, 4.69) is 75.9 Å². The summed E-state index contributed by atoms with van der Waals surface area (Å²) in [5, 5.41) is 11.8. The Hall–Kier alpha value is -4.01. The third-order valence-corrected chi connectivity index (χ3v) is 7.70. The predicted molar refractivity (Wildman–Crippen MR) is 174 cm³/mol. The SMILES string of the molecule is CCN(CCC[C@H](NC(=O)c1ccc(CNCc2ncc[nH]2)cc1)C(=O)NC(C)c1cccc2ccccc12)CC(C)C. The molecule has 0 saturated carbocycles. The van der Waals surface area contributed by atoms with Gasteiger partial charge in [0.2, 0.25) is 5.91 Å². The number of nitrogens with zero attached hydrogens (tertiary/aromatic N) is 2. The predicted octanol–water partition coefficient (Wildman–Crippen LogP) is 5.59. The number of aromatic nitrogens is 2. The van der Waals surface area contributed by atoms with E-state index < -0.39 is 6.04 Å². The van der Waals surface area contributed by atoms with E-state index in [1.54, 1.807) is 12.4 Å². The Morgan fingerprint density at radius 1 is 0.930 bits per heavy atom. The molecule has 8 nitrogen and oxygen atoms in total. The number of H-pyrrole nitrogens is 1. The number of imidazole rings is 1. The molecule has 2 amide bonds. The summed E-state index contributed by atoms with van der Waals surface area (Å²) in [5.74, 6) is 1.03. The fourth-order valence-electron chi connectivity index (χ4n) is 5.44. The Kier molecular flexibility index (Phi) is 11.9. The second-order valence-electron chi connectivity index (χ2n) is 11.6.